The summed E-state index contributed by atoms with van der Waals surface area (Å²) in [6, 6.07) is 20.5. The van der Waals surface area contributed by atoms with E-state index in [0.29, 0.717) is 22.8 Å². The maximum absolute atomic E-state index is 12.8. The van der Waals surface area contributed by atoms with Crippen molar-refractivity contribution < 1.29 is 19.0 Å². The third-order valence-electron chi connectivity index (χ3n) is 5.15. The quantitative estimate of drug-likeness (QED) is 0.507. The third kappa shape index (κ3) is 2.81. The van der Waals surface area contributed by atoms with Crippen LogP contribution in [0.15, 0.2) is 76.6 Å². The number of nitrogens with two attached hydrogens (primary N) is 1. The van der Waals surface area contributed by atoms with Crippen LogP contribution in [0.1, 0.15) is 22.9 Å². The lowest BCUT2D eigenvalue weighted by atomic mass is 9.87. The van der Waals surface area contributed by atoms with Crippen molar-refractivity contribution in [3.8, 4) is 29.3 Å². The van der Waals surface area contributed by atoms with Gasteiger partial charge in [-0.2, -0.15) is 10.4 Å². The highest BCUT2D eigenvalue weighted by atomic mass is 16.6. The number of para-hydroxylation sites is 2. The maximum atomic E-state index is 12.8. The van der Waals surface area contributed by atoms with E-state index in [1.165, 1.54) is 4.68 Å². The van der Waals surface area contributed by atoms with Crippen molar-refractivity contribution in [3.05, 3.63) is 89.1 Å². The molecule has 1 aliphatic rings. The molecule has 4 aromatic rings. The molecule has 2 aromatic heterocycles. The van der Waals surface area contributed by atoms with Gasteiger partial charge in [-0.1, -0.05) is 36.4 Å². The van der Waals surface area contributed by atoms with Gasteiger partial charge >= 0.3 is 0 Å². The molecule has 9 nitrogen and oxygen atoms in total. The van der Waals surface area contributed by atoms with Gasteiger partial charge in [0.25, 0.3) is 5.69 Å². The van der Waals surface area contributed by atoms with Crippen LogP contribution in [0.4, 0.5) is 0 Å². The number of aryl methyl sites for hydroxylation is 1. The highest BCUT2D eigenvalue weighted by molar-refractivity contribution is 5.56. The molecular weight excluding hydrogens is 396 g/mol. The highest BCUT2D eigenvalue weighted by Gasteiger charge is 2.43. The molecule has 0 saturated heterocycles. The molecule has 2 aromatic carbocycles. The predicted molar refractivity (Wildman–Crippen MR) is 105 cm³/mol. The molecule has 0 fully saturated rings. The first-order valence-electron chi connectivity index (χ1n) is 9.47. The van der Waals surface area contributed by atoms with Crippen molar-refractivity contribution >= 4 is 0 Å². The first-order chi connectivity index (χ1) is 15.1. The van der Waals surface area contributed by atoms with E-state index >= 15 is 0 Å². The number of hydrogen-bond donors (Lipinski definition) is 1. The average molecular weight is 412 g/mol. The number of benzene rings is 2. The molecule has 0 aliphatic carbocycles. The summed E-state index contributed by atoms with van der Waals surface area (Å²) in [5.74, 6) is -1.29. The summed E-state index contributed by atoms with van der Waals surface area (Å²) >= 11 is 0. The van der Waals surface area contributed by atoms with E-state index in [0.717, 1.165) is 5.69 Å². The van der Waals surface area contributed by atoms with Gasteiger partial charge in [-0.3, -0.25) is 0 Å². The lowest BCUT2D eigenvalue weighted by molar-refractivity contribution is -0.678. The van der Waals surface area contributed by atoms with Crippen molar-refractivity contribution in [2.75, 3.05) is 0 Å². The number of nitriles is 1. The van der Waals surface area contributed by atoms with Gasteiger partial charge in [-0.15, -0.1) is 0 Å². The molecule has 0 amide bonds. The molecule has 1 aliphatic heterocycles. The van der Waals surface area contributed by atoms with Crippen molar-refractivity contribution in [2.24, 2.45) is 5.73 Å². The molecule has 0 bridgehead atoms. The minimum Gasteiger partial charge on any atom is -0.539 e. The molecule has 1 atom stereocenters. The Bertz CT molecular complexity index is 1350. The molecule has 1 unspecified atom stereocenters. The molecule has 2 N–H and O–H groups in total. The van der Waals surface area contributed by atoms with E-state index in [1.54, 1.807) is 23.7 Å². The average Bonchev–Trinajstić information content (AvgIpc) is 3.34. The molecule has 0 spiro atoms. The van der Waals surface area contributed by atoms with Crippen molar-refractivity contribution in [1.29, 1.82) is 5.26 Å². The Balaban J connectivity index is 1.78. The Morgan fingerprint density at radius 2 is 1.81 bits per heavy atom. The number of allylic oxidation sites excluding steroid dienone is 1. The zero-order valence-corrected chi connectivity index (χ0v) is 16.4. The van der Waals surface area contributed by atoms with E-state index in [2.05, 4.69) is 16.4 Å². The zero-order chi connectivity index (χ0) is 21.5. The minimum atomic E-state index is -0.856. The van der Waals surface area contributed by atoms with Gasteiger partial charge in [0.15, 0.2) is 5.95 Å². The number of nitrogens with zero attached hydrogens (tertiary/aromatic N) is 5. The lowest BCUT2D eigenvalue weighted by Crippen LogP contribution is -2.39. The fourth-order valence-corrected chi connectivity index (χ4v) is 3.78. The molecule has 152 valence electrons. The third-order valence-corrected chi connectivity index (χ3v) is 5.15. The fourth-order valence-electron chi connectivity index (χ4n) is 3.78. The van der Waals surface area contributed by atoms with Crippen LogP contribution in [-0.2, 0) is 0 Å². The van der Waals surface area contributed by atoms with E-state index in [9.17, 15) is 10.4 Å². The van der Waals surface area contributed by atoms with E-state index < -0.39 is 11.9 Å². The minimum absolute atomic E-state index is 0.0909. The van der Waals surface area contributed by atoms with Gasteiger partial charge in [0.2, 0.25) is 17.5 Å². The van der Waals surface area contributed by atoms with Crippen LogP contribution in [-0.4, -0.2) is 15.1 Å². The normalized spacial score (nSPS) is 15.3. The van der Waals surface area contributed by atoms with E-state index in [1.807, 2.05) is 48.5 Å². The monoisotopic (exact) mass is 412 g/mol. The molecule has 31 heavy (non-hydrogen) atoms. The fraction of sp³-hybridized carbons (Fsp3) is 0.0909. The summed E-state index contributed by atoms with van der Waals surface area (Å²) in [6.45, 7) is 1.79. The Hall–Kier alpha value is -4.58. The van der Waals surface area contributed by atoms with Crippen molar-refractivity contribution in [1.82, 2.24) is 15.1 Å². The number of ether oxygens (including phenoxy) is 1. The molecule has 5 rings (SSSR count). The smallest absolute Gasteiger partial charge is 0.253 e. The van der Waals surface area contributed by atoms with Gasteiger partial charge in [-0.25, -0.2) is 4.68 Å². The SMILES string of the molecule is Cc1nn(-c2ccccc2)c2c1C(c1c([O-])on[n+]1-c1ccccc1)C(C#N)=C(N)O2. The van der Waals surface area contributed by atoms with Crippen molar-refractivity contribution in [2.45, 2.75) is 12.8 Å². The molecule has 9 heteroatoms. The predicted octanol–water partition coefficient (Wildman–Crippen LogP) is 1.74. The van der Waals surface area contributed by atoms with Crippen molar-refractivity contribution in [3.63, 3.8) is 0 Å². The second kappa shape index (κ2) is 7.03. The molecule has 0 radical (unpaired) electrons. The second-order valence-corrected chi connectivity index (χ2v) is 6.97. The highest BCUT2D eigenvalue weighted by Crippen LogP contribution is 2.45. The second-order valence-electron chi connectivity index (χ2n) is 6.97. The van der Waals surface area contributed by atoms with Gasteiger partial charge in [0.05, 0.1) is 22.2 Å². The molecular formula is C22H16N6O3. The summed E-state index contributed by atoms with van der Waals surface area (Å²) in [5, 5.41) is 31.2. The summed E-state index contributed by atoms with van der Waals surface area (Å²) in [5.41, 5.74) is 8.87. The number of fused-ring (bicyclic) bond motifs is 1. The summed E-state index contributed by atoms with van der Waals surface area (Å²) in [4.78, 5) is 0. The van der Waals surface area contributed by atoms with Crippen LogP contribution < -0.4 is 20.3 Å². The van der Waals surface area contributed by atoms with E-state index in [-0.39, 0.29) is 17.2 Å². The van der Waals surface area contributed by atoms with Crippen LogP contribution in [0, 0.1) is 18.3 Å². The largest absolute Gasteiger partial charge is 0.539 e. The Morgan fingerprint density at radius 1 is 1.13 bits per heavy atom. The number of rotatable bonds is 3. The summed E-state index contributed by atoms with van der Waals surface area (Å²) in [6.07, 6.45) is 0. The van der Waals surface area contributed by atoms with Crippen LogP contribution in [0.3, 0.4) is 0 Å². The maximum Gasteiger partial charge on any atom is 0.253 e. The van der Waals surface area contributed by atoms with Crippen LogP contribution in [0.5, 0.6) is 11.8 Å². The Labute approximate surface area is 176 Å². The Morgan fingerprint density at radius 3 is 2.48 bits per heavy atom. The van der Waals surface area contributed by atoms with Gasteiger partial charge in [0.1, 0.15) is 17.6 Å². The summed E-state index contributed by atoms with van der Waals surface area (Å²) < 4.78 is 13.8. The number of aromatic nitrogens is 4. The van der Waals surface area contributed by atoms with Crippen LogP contribution in [0.2, 0.25) is 0 Å². The molecule has 0 saturated carbocycles. The summed E-state index contributed by atoms with van der Waals surface area (Å²) in [7, 11) is 0. The lowest BCUT2D eigenvalue weighted by Gasteiger charge is -2.22. The topological polar surface area (TPSA) is 130 Å². The first kappa shape index (κ1) is 18.4. The van der Waals surface area contributed by atoms with Crippen LogP contribution >= 0.6 is 0 Å². The number of hydrogen-bond acceptors (Lipinski definition) is 7. The van der Waals surface area contributed by atoms with Crippen LogP contribution in [0.25, 0.3) is 11.4 Å². The standard InChI is InChI=1S/C22H16N6O3/c1-13-17-18(19-22(29)31-26-27(19)14-8-4-2-5-9-14)16(12-23)20(24)30-21(17)28(25-13)15-10-6-3-7-11-15/h2-11,18H,24H2,1H3. The first-order valence-corrected chi connectivity index (χ1v) is 9.47. The van der Waals surface area contributed by atoms with Gasteiger partial charge in [0, 0.05) is 12.1 Å². The van der Waals surface area contributed by atoms with Gasteiger partial charge in [-0.05, 0) is 23.7 Å². The van der Waals surface area contributed by atoms with E-state index in [4.69, 9.17) is 15.0 Å². The molecule has 3 heterocycles. The van der Waals surface area contributed by atoms with Gasteiger partial charge < -0.3 is 20.1 Å². The Kier molecular flexibility index (Phi) is 4.19. The zero-order valence-electron chi connectivity index (χ0n) is 16.4.